The standard InChI is InChI=1S/C23H26N4S/c24-23(25)27-13-11-26(12-14-27)16-21-7-3-4-8-22(21)28-17-18-9-10-19-5-1-2-6-20(19)15-18/h1-10,15H,11-14,16-17H2,(H3,24,25). The first kappa shape index (κ1) is 18.8. The lowest BCUT2D eigenvalue weighted by Gasteiger charge is -2.35. The topological polar surface area (TPSA) is 56.4 Å². The first-order chi connectivity index (χ1) is 13.7. The summed E-state index contributed by atoms with van der Waals surface area (Å²) < 4.78 is 0. The molecule has 144 valence electrons. The number of rotatable bonds is 5. The summed E-state index contributed by atoms with van der Waals surface area (Å²) in [6.07, 6.45) is 0. The van der Waals surface area contributed by atoms with Crippen molar-refractivity contribution in [1.29, 1.82) is 5.41 Å². The maximum absolute atomic E-state index is 7.58. The summed E-state index contributed by atoms with van der Waals surface area (Å²) >= 11 is 1.91. The predicted octanol–water partition coefficient (Wildman–Crippen LogP) is 4.14. The van der Waals surface area contributed by atoms with Crippen molar-refractivity contribution in [3.63, 3.8) is 0 Å². The Morgan fingerprint density at radius 3 is 2.39 bits per heavy atom. The van der Waals surface area contributed by atoms with Crippen molar-refractivity contribution in [2.75, 3.05) is 26.2 Å². The van der Waals surface area contributed by atoms with Gasteiger partial charge in [-0.05, 0) is 28.0 Å². The van der Waals surface area contributed by atoms with Gasteiger partial charge in [0.15, 0.2) is 5.96 Å². The van der Waals surface area contributed by atoms with Crippen molar-refractivity contribution in [3.05, 3.63) is 77.9 Å². The summed E-state index contributed by atoms with van der Waals surface area (Å²) in [5.74, 6) is 1.16. The van der Waals surface area contributed by atoms with Gasteiger partial charge in [-0.3, -0.25) is 10.3 Å². The maximum atomic E-state index is 7.58. The fourth-order valence-electron chi connectivity index (χ4n) is 3.65. The third-order valence-electron chi connectivity index (χ3n) is 5.29. The highest BCUT2D eigenvalue weighted by molar-refractivity contribution is 7.98. The Morgan fingerprint density at radius 2 is 1.61 bits per heavy atom. The SMILES string of the molecule is N=C(N)N1CCN(Cc2ccccc2SCc2ccc3ccccc3c2)CC1. The molecule has 28 heavy (non-hydrogen) atoms. The second-order valence-corrected chi connectivity index (χ2v) is 8.24. The van der Waals surface area contributed by atoms with E-state index in [0.717, 1.165) is 38.5 Å². The maximum Gasteiger partial charge on any atom is 0.188 e. The van der Waals surface area contributed by atoms with Crippen LogP contribution >= 0.6 is 11.8 Å². The minimum Gasteiger partial charge on any atom is -0.370 e. The number of nitrogens with zero attached hydrogens (tertiary/aromatic N) is 2. The van der Waals surface area contributed by atoms with Crippen LogP contribution < -0.4 is 5.73 Å². The van der Waals surface area contributed by atoms with Gasteiger partial charge in [-0.1, -0.05) is 60.7 Å². The van der Waals surface area contributed by atoms with Crippen LogP contribution in [0.25, 0.3) is 10.8 Å². The minimum absolute atomic E-state index is 0.186. The zero-order chi connectivity index (χ0) is 19.3. The smallest absolute Gasteiger partial charge is 0.188 e. The molecule has 5 heteroatoms. The van der Waals surface area contributed by atoms with E-state index >= 15 is 0 Å². The quantitative estimate of drug-likeness (QED) is 0.390. The van der Waals surface area contributed by atoms with E-state index in [9.17, 15) is 0 Å². The molecule has 0 bridgehead atoms. The lowest BCUT2D eigenvalue weighted by Crippen LogP contribution is -2.50. The molecule has 0 aromatic heterocycles. The Balaban J connectivity index is 1.40. The van der Waals surface area contributed by atoms with Crippen LogP contribution in [0, 0.1) is 5.41 Å². The van der Waals surface area contributed by atoms with Gasteiger partial charge in [0.2, 0.25) is 0 Å². The van der Waals surface area contributed by atoms with Crippen molar-refractivity contribution in [2.24, 2.45) is 5.73 Å². The first-order valence-electron chi connectivity index (χ1n) is 9.69. The average Bonchev–Trinajstić information content (AvgIpc) is 2.73. The minimum atomic E-state index is 0.186. The number of nitrogens with one attached hydrogen (secondary N) is 1. The summed E-state index contributed by atoms with van der Waals surface area (Å²) in [4.78, 5) is 5.75. The number of guanidine groups is 1. The van der Waals surface area contributed by atoms with Gasteiger partial charge in [-0.15, -0.1) is 11.8 Å². The van der Waals surface area contributed by atoms with Gasteiger partial charge in [0, 0.05) is 43.4 Å². The van der Waals surface area contributed by atoms with E-state index in [0.29, 0.717) is 0 Å². The molecule has 0 aliphatic carbocycles. The normalized spacial score (nSPS) is 15.1. The molecule has 4 nitrogen and oxygen atoms in total. The molecule has 1 heterocycles. The molecule has 4 rings (SSSR count). The van der Waals surface area contributed by atoms with E-state index in [1.807, 2.05) is 16.7 Å². The van der Waals surface area contributed by atoms with Gasteiger partial charge >= 0.3 is 0 Å². The van der Waals surface area contributed by atoms with E-state index < -0.39 is 0 Å². The molecule has 1 saturated heterocycles. The molecule has 0 spiro atoms. The zero-order valence-corrected chi connectivity index (χ0v) is 16.8. The van der Waals surface area contributed by atoms with Crippen LogP contribution in [0.3, 0.4) is 0 Å². The Bertz CT molecular complexity index is 963. The Hall–Kier alpha value is -2.50. The van der Waals surface area contributed by atoms with Gasteiger partial charge in [-0.2, -0.15) is 0 Å². The van der Waals surface area contributed by atoms with E-state index in [1.165, 1.54) is 26.8 Å². The van der Waals surface area contributed by atoms with Gasteiger partial charge in [-0.25, -0.2) is 0 Å². The van der Waals surface area contributed by atoms with Crippen LogP contribution in [0.5, 0.6) is 0 Å². The summed E-state index contributed by atoms with van der Waals surface area (Å²) in [6.45, 7) is 4.52. The Morgan fingerprint density at radius 1 is 0.893 bits per heavy atom. The van der Waals surface area contributed by atoms with Crippen LogP contribution in [-0.4, -0.2) is 41.9 Å². The number of hydrogen-bond acceptors (Lipinski definition) is 3. The van der Waals surface area contributed by atoms with Crippen molar-refractivity contribution < 1.29 is 0 Å². The van der Waals surface area contributed by atoms with Crippen LogP contribution in [0.2, 0.25) is 0 Å². The fraction of sp³-hybridized carbons (Fsp3) is 0.261. The highest BCUT2D eigenvalue weighted by atomic mass is 32.2. The number of nitrogens with two attached hydrogens (primary N) is 1. The fourth-order valence-corrected chi connectivity index (χ4v) is 4.65. The molecule has 1 fully saturated rings. The van der Waals surface area contributed by atoms with Crippen LogP contribution in [-0.2, 0) is 12.3 Å². The van der Waals surface area contributed by atoms with Gasteiger partial charge < -0.3 is 10.6 Å². The average molecular weight is 391 g/mol. The summed E-state index contributed by atoms with van der Waals surface area (Å²) in [5, 5.41) is 10.2. The number of fused-ring (bicyclic) bond motifs is 1. The number of thioether (sulfide) groups is 1. The zero-order valence-electron chi connectivity index (χ0n) is 16.0. The predicted molar refractivity (Wildman–Crippen MR) is 119 cm³/mol. The molecular formula is C23H26N4S. The largest absolute Gasteiger partial charge is 0.370 e. The third kappa shape index (κ3) is 4.49. The molecule has 1 aliphatic rings. The highest BCUT2D eigenvalue weighted by Gasteiger charge is 2.18. The molecule has 0 amide bonds. The number of benzene rings is 3. The third-order valence-corrected chi connectivity index (χ3v) is 6.47. The Kier molecular flexibility index (Phi) is 5.84. The van der Waals surface area contributed by atoms with Crippen LogP contribution in [0.4, 0.5) is 0 Å². The summed E-state index contributed by atoms with van der Waals surface area (Å²) in [5.41, 5.74) is 8.34. The summed E-state index contributed by atoms with van der Waals surface area (Å²) in [7, 11) is 0. The lowest BCUT2D eigenvalue weighted by molar-refractivity contribution is 0.173. The second-order valence-electron chi connectivity index (χ2n) is 7.23. The van der Waals surface area contributed by atoms with Crippen molar-refractivity contribution in [1.82, 2.24) is 9.80 Å². The van der Waals surface area contributed by atoms with Gasteiger partial charge in [0.1, 0.15) is 0 Å². The molecule has 1 aliphatic heterocycles. The summed E-state index contributed by atoms with van der Waals surface area (Å²) in [6, 6.07) is 24.0. The molecule has 0 atom stereocenters. The van der Waals surface area contributed by atoms with E-state index in [1.54, 1.807) is 0 Å². The van der Waals surface area contributed by atoms with Gasteiger partial charge in [0.05, 0.1) is 0 Å². The van der Waals surface area contributed by atoms with Crippen molar-refractivity contribution in [2.45, 2.75) is 17.2 Å². The lowest BCUT2D eigenvalue weighted by atomic mass is 10.1. The highest BCUT2D eigenvalue weighted by Crippen LogP contribution is 2.28. The number of hydrogen-bond donors (Lipinski definition) is 2. The van der Waals surface area contributed by atoms with Crippen LogP contribution in [0.1, 0.15) is 11.1 Å². The van der Waals surface area contributed by atoms with E-state index in [-0.39, 0.29) is 5.96 Å². The monoisotopic (exact) mass is 390 g/mol. The van der Waals surface area contributed by atoms with E-state index in [4.69, 9.17) is 11.1 Å². The first-order valence-corrected chi connectivity index (χ1v) is 10.7. The van der Waals surface area contributed by atoms with Gasteiger partial charge in [0.25, 0.3) is 0 Å². The number of piperazine rings is 1. The second kappa shape index (κ2) is 8.67. The molecule has 0 radical (unpaired) electrons. The molecular weight excluding hydrogens is 364 g/mol. The molecule has 0 saturated carbocycles. The molecule has 3 aromatic rings. The molecule has 3 N–H and O–H groups in total. The van der Waals surface area contributed by atoms with Crippen molar-refractivity contribution >= 4 is 28.5 Å². The van der Waals surface area contributed by atoms with Crippen molar-refractivity contribution in [3.8, 4) is 0 Å². The van der Waals surface area contributed by atoms with Crippen LogP contribution in [0.15, 0.2) is 71.6 Å². The molecule has 3 aromatic carbocycles. The Labute approximate surface area is 170 Å². The molecule has 0 unspecified atom stereocenters. The van der Waals surface area contributed by atoms with E-state index in [2.05, 4.69) is 71.6 Å².